The summed E-state index contributed by atoms with van der Waals surface area (Å²) < 4.78 is 11.3. The van der Waals surface area contributed by atoms with E-state index in [0.717, 1.165) is 38.2 Å². The molecule has 1 saturated heterocycles. The van der Waals surface area contributed by atoms with Crippen LogP contribution in [-0.4, -0.2) is 38.4 Å². The number of nitrogens with zero attached hydrogens (tertiary/aromatic N) is 1. The van der Waals surface area contributed by atoms with Gasteiger partial charge in [-0.2, -0.15) is 0 Å². The Kier molecular flexibility index (Phi) is 8.27. The Morgan fingerprint density at radius 1 is 1.24 bits per heavy atom. The molecule has 136 valence electrons. The van der Waals surface area contributed by atoms with E-state index in [-0.39, 0.29) is 30.1 Å². The number of guanidine groups is 1. The average Bonchev–Trinajstić information content (AvgIpc) is 3.13. The third-order valence-electron chi connectivity index (χ3n) is 4.11. The number of halogens is 1. The Bertz CT molecular complexity index is 687. The molecule has 6 heteroatoms. The fourth-order valence-corrected chi connectivity index (χ4v) is 2.78. The monoisotopic (exact) mass is 455 g/mol. The van der Waals surface area contributed by atoms with Crippen LogP contribution in [0.4, 0.5) is 0 Å². The molecule has 1 heterocycles. The molecule has 0 radical (unpaired) electrons. The van der Waals surface area contributed by atoms with Gasteiger partial charge in [0.05, 0.1) is 19.3 Å². The molecule has 0 amide bonds. The number of nitrogens with two attached hydrogens (primary N) is 1. The lowest BCUT2D eigenvalue weighted by Gasteiger charge is -2.09. The van der Waals surface area contributed by atoms with Crippen molar-refractivity contribution in [2.75, 3.05) is 26.3 Å². The van der Waals surface area contributed by atoms with E-state index in [1.54, 1.807) is 0 Å². The fourth-order valence-electron chi connectivity index (χ4n) is 2.78. The van der Waals surface area contributed by atoms with Gasteiger partial charge in [0.15, 0.2) is 5.96 Å². The van der Waals surface area contributed by atoms with Crippen molar-refractivity contribution in [3.05, 3.63) is 42.5 Å². The maximum absolute atomic E-state index is 5.85. The molecule has 1 unspecified atom stereocenters. The Labute approximate surface area is 166 Å². The number of hydrogen-bond donors (Lipinski definition) is 2. The smallest absolute Gasteiger partial charge is 0.188 e. The molecule has 0 saturated carbocycles. The second kappa shape index (κ2) is 10.5. The average molecular weight is 455 g/mol. The van der Waals surface area contributed by atoms with Gasteiger partial charge in [-0.3, -0.25) is 4.99 Å². The van der Waals surface area contributed by atoms with Crippen LogP contribution in [0.1, 0.15) is 19.3 Å². The maximum atomic E-state index is 5.85. The van der Waals surface area contributed by atoms with Crippen molar-refractivity contribution in [1.82, 2.24) is 5.32 Å². The lowest BCUT2D eigenvalue weighted by Crippen LogP contribution is -2.33. The third-order valence-corrected chi connectivity index (χ3v) is 4.11. The summed E-state index contributed by atoms with van der Waals surface area (Å²) in [6, 6.07) is 14.4. The highest BCUT2D eigenvalue weighted by atomic mass is 127. The highest BCUT2D eigenvalue weighted by molar-refractivity contribution is 14.0. The largest absolute Gasteiger partial charge is 0.494 e. The van der Waals surface area contributed by atoms with Crippen molar-refractivity contribution in [1.29, 1.82) is 0 Å². The zero-order valence-corrected chi connectivity index (χ0v) is 16.6. The van der Waals surface area contributed by atoms with Gasteiger partial charge in [0, 0.05) is 13.2 Å². The van der Waals surface area contributed by atoms with Crippen molar-refractivity contribution in [3.8, 4) is 5.75 Å². The summed E-state index contributed by atoms with van der Waals surface area (Å²) in [4.78, 5) is 4.31. The first-order valence-electron chi connectivity index (χ1n) is 8.58. The summed E-state index contributed by atoms with van der Waals surface area (Å²) in [6.07, 6.45) is 3.31. The zero-order chi connectivity index (χ0) is 16.6. The molecule has 1 atom stereocenters. The fraction of sp³-hybridized carbons (Fsp3) is 0.421. The number of nitrogens with one attached hydrogen (secondary N) is 1. The van der Waals surface area contributed by atoms with Gasteiger partial charge >= 0.3 is 0 Å². The van der Waals surface area contributed by atoms with Crippen LogP contribution in [0.3, 0.4) is 0 Å². The highest BCUT2D eigenvalue weighted by Crippen LogP contribution is 2.20. The highest BCUT2D eigenvalue weighted by Gasteiger charge is 2.14. The van der Waals surface area contributed by atoms with Crippen LogP contribution in [0.5, 0.6) is 5.75 Å². The summed E-state index contributed by atoms with van der Waals surface area (Å²) in [5.41, 5.74) is 5.85. The minimum atomic E-state index is 0. The molecule has 3 rings (SSSR count). The van der Waals surface area contributed by atoms with Crippen LogP contribution in [0.15, 0.2) is 47.5 Å². The predicted molar refractivity (Wildman–Crippen MR) is 113 cm³/mol. The van der Waals surface area contributed by atoms with E-state index in [9.17, 15) is 0 Å². The van der Waals surface area contributed by atoms with E-state index >= 15 is 0 Å². The summed E-state index contributed by atoms with van der Waals surface area (Å²) in [5.74, 6) is 1.38. The molecule has 2 aromatic carbocycles. The number of ether oxygens (including phenoxy) is 2. The van der Waals surface area contributed by atoms with E-state index in [4.69, 9.17) is 15.2 Å². The number of hydrogen-bond acceptors (Lipinski definition) is 3. The van der Waals surface area contributed by atoms with E-state index in [0.29, 0.717) is 19.1 Å². The van der Waals surface area contributed by atoms with Crippen molar-refractivity contribution >= 4 is 40.7 Å². The van der Waals surface area contributed by atoms with Crippen molar-refractivity contribution in [2.24, 2.45) is 10.7 Å². The second-order valence-corrected chi connectivity index (χ2v) is 6.00. The summed E-state index contributed by atoms with van der Waals surface area (Å²) in [6.45, 7) is 2.88. The van der Waals surface area contributed by atoms with Gasteiger partial charge in [-0.25, -0.2) is 0 Å². The first-order chi connectivity index (χ1) is 11.8. The molecule has 25 heavy (non-hydrogen) atoms. The molecule has 1 aliphatic rings. The number of aliphatic imine (C=N–C) groups is 1. The van der Waals surface area contributed by atoms with E-state index in [1.807, 2.05) is 18.2 Å². The van der Waals surface area contributed by atoms with Crippen LogP contribution in [0, 0.1) is 0 Å². The summed E-state index contributed by atoms with van der Waals surface area (Å²) in [7, 11) is 0. The molecule has 0 aromatic heterocycles. The van der Waals surface area contributed by atoms with Gasteiger partial charge in [-0.05, 0) is 42.2 Å². The van der Waals surface area contributed by atoms with Gasteiger partial charge in [0.2, 0.25) is 0 Å². The van der Waals surface area contributed by atoms with E-state index < -0.39 is 0 Å². The number of benzene rings is 2. The Morgan fingerprint density at radius 3 is 2.88 bits per heavy atom. The molecule has 0 aliphatic carbocycles. The first-order valence-corrected chi connectivity index (χ1v) is 8.58. The molecule has 1 aliphatic heterocycles. The normalized spacial score (nSPS) is 17.3. The Morgan fingerprint density at radius 2 is 2.08 bits per heavy atom. The molecule has 0 spiro atoms. The van der Waals surface area contributed by atoms with Gasteiger partial charge in [0.25, 0.3) is 0 Å². The molecule has 0 bridgehead atoms. The van der Waals surface area contributed by atoms with E-state index in [2.05, 4.69) is 34.6 Å². The van der Waals surface area contributed by atoms with Crippen molar-refractivity contribution in [2.45, 2.75) is 25.4 Å². The Hall–Kier alpha value is -1.54. The number of rotatable bonds is 7. The maximum Gasteiger partial charge on any atom is 0.188 e. The standard InChI is InChI=1S/C19H25N3O2.HI/c20-19(22-14-18-7-3-11-24-18)21-10-4-12-23-17-9-8-15-5-1-2-6-16(15)13-17;/h1-2,5-6,8-9,13,18H,3-4,7,10-12,14H2,(H3,20,21,22);1H. The van der Waals surface area contributed by atoms with E-state index in [1.165, 1.54) is 10.8 Å². The van der Waals surface area contributed by atoms with Crippen molar-refractivity contribution < 1.29 is 9.47 Å². The minimum Gasteiger partial charge on any atom is -0.494 e. The molecule has 3 N–H and O–H groups in total. The molecular weight excluding hydrogens is 429 g/mol. The molecule has 2 aromatic rings. The van der Waals surface area contributed by atoms with Gasteiger partial charge in [-0.1, -0.05) is 30.3 Å². The molecular formula is C19H26IN3O2. The predicted octanol–water partition coefficient (Wildman–Crippen LogP) is 3.31. The lowest BCUT2D eigenvalue weighted by atomic mass is 10.1. The SMILES string of the molecule is I.NC(=NCC1CCCO1)NCCCOc1ccc2ccccc2c1. The number of fused-ring (bicyclic) bond motifs is 1. The van der Waals surface area contributed by atoms with Gasteiger partial charge in [0.1, 0.15) is 5.75 Å². The molecule has 5 nitrogen and oxygen atoms in total. The van der Waals surface area contributed by atoms with Gasteiger partial charge < -0.3 is 20.5 Å². The third kappa shape index (κ3) is 6.36. The Balaban J connectivity index is 0.00000225. The van der Waals surface area contributed by atoms with Crippen LogP contribution in [0.25, 0.3) is 10.8 Å². The van der Waals surface area contributed by atoms with Crippen molar-refractivity contribution in [3.63, 3.8) is 0 Å². The summed E-state index contributed by atoms with van der Waals surface area (Å²) >= 11 is 0. The van der Waals surface area contributed by atoms with Gasteiger partial charge in [-0.15, -0.1) is 24.0 Å². The van der Waals surface area contributed by atoms with Crippen LogP contribution >= 0.6 is 24.0 Å². The second-order valence-electron chi connectivity index (χ2n) is 6.00. The summed E-state index contributed by atoms with van der Waals surface area (Å²) in [5, 5.41) is 5.53. The molecule has 1 fully saturated rings. The minimum absolute atomic E-state index is 0. The zero-order valence-electron chi connectivity index (χ0n) is 14.3. The quantitative estimate of drug-likeness (QED) is 0.291. The first kappa shape index (κ1) is 19.8. The topological polar surface area (TPSA) is 68.9 Å². The lowest BCUT2D eigenvalue weighted by molar-refractivity contribution is 0.118. The van der Waals surface area contributed by atoms with Crippen LogP contribution < -0.4 is 15.8 Å². The van der Waals surface area contributed by atoms with Crippen LogP contribution in [0.2, 0.25) is 0 Å². The van der Waals surface area contributed by atoms with Crippen LogP contribution in [-0.2, 0) is 4.74 Å².